The number of benzene rings is 1. The SMILES string of the molecule is O=C1CNc2cccc(C(F)(F)F)c2N1. The number of carbonyl (C=O) groups is 1. The highest BCUT2D eigenvalue weighted by atomic mass is 19.4. The van der Waals surface area contributed by atoms with Gasteiger partial charge in [-0.15, -0.1) is 0 Å². The number of carbonyl (C=O) groups excluding carboxylic acids is 1. The maximum absolute atomic E-state index is 12.5. The third kappa shape index (κ3) is 1.74. The largest absolute Gasteiger partial charge is 0.418 e. The van der Waals surface area contributed by atoms with Crippen LogP contribution in [0.3, 0.4) is 0 Å². The molecule has 1 amide bonds. The molecule has 0 radical (unpaired) electrons. The van der Waals surface area contributed by atoms with Crippen LogP contribution in [0.4, 0.5) is 24.5 Å². The summed E-state index contributed by atoms with van der Waals surface area (Å²) in [6, 6.07) is 3.72. The van der Waals surface area contributed by atoms with Crippen LogP contribution in [-0.4, -0.2) is 12.5 Å². The molecule has 0 atom stereocenters. The van der Waals surface area contributed by atoms with Gasteiger partial charge in [0, 0.05) is 0 Å². The van der Waals surface area contributed by atoms with Crippen molar-refractivity contribution in [2.45, 2.75) is 6.18 Å². The fourth-order valence-corrected chi connectivity index (χ4v) is 1.43. The highest BCUT2D eigenvalue weighted by molar-refractivity contribution is 6.01. The van der Waals surface area contributed by atoms with Crippen molar-refractivity contribution in [3.63, 3.8) is 0 Å². The van der Waals surface area contributed by atoms with E-state index in [2.05, 4.69) is 10.6 Å². The smallest absolute Gasteiger partial charge is 0.374 e. The van der Waals surface area contributed by atoms with Crippen LogP contribution in [0.1, 0.15) is 5.56 Å². The molecule has 0 bridgehead atoms. The average molecular weight is 216 g/mol. The topological polar surface area (TPSA) is 41.1 Å². The number of fused-ring (bicyclic) bond motifs is 1. The fraction of sp³-hybridized carbons (Fsp3) is 0.222. The van der Waals surface area contributed by atoms with Crippen molar-refractivity contribution in [1.29, 1.82) is 0 Å². The molecule has 0 saturated carbocycles. The van der Waals surface area contributed by atoms with Crippen molar-refractivity contribution in [2.75, 3.05) is 17.2 Å². The predicted octanol–water partition coefficient (Wildman–Crippen LogP) is 2.07. The predicted molar refractivity (Wildman–Crippen MR) is 48.6 cm³/mol. The number of rotatable bonds is 0. The Balaban J connectivity index is 2.53. The number of para-hydroxylation sites is 1. The van der Waals surface area contributed by atoms with E-state index in [4.69, 9.17) is 0 Å². The van der Waals surface area contributed by atoms with Gasteiger partial charge in [-0.05, 0) is 12.1 Å². The van der Waals surface area contributed by atoms with Crippen LogP contribution in [0.2, 0.25) is 0 Å². The van der Waals surface area contributed by atoms with Crippen molar-refractivity contribution < 1.29 is 18.0 Å². The second kappa shape index (κ2) is 3.15. The van der Waals surface area contributed by atoms with E-state index in [0.717, 1.165) is 6.07 Å². The zero-order valence-corrected chi connectivity index (χ0v) is 7.48. The van der Waals surface area contributed by atoms with Gasteiger partial charge >= 0.3 is 6.18 Å². The van der Waals surface area contributed by atoms with E-state index < -0.39 is 17.6 Å². The molecule has 1 aromatic rings. The van der Waals surface area contributed by atoms with Crippen molar-refractivity contribution in [3.05, 3.63) is 23.8 Å². The molecule has 0 aliphatic carbocycles. The van der Waals surface area contributed by atoms with E-state index in [1.807, 2.05) is 0 Å². The van der Waals surface area contributed by atoms with Gasteiger partial charge in [0.2, 0.25) is 5.91 Å². The molecule has 2 N–H and O–H groups in total. The third-order valence-corrected chi connectivity index (χ3v) is 2.07. The lowest BCUT2D eigenvalue weighted by Crippen LogP contribution is -2.29. The van der Waals surface area contributed by atoms with Gasteiger partial charge in [0.15, 0.2) is 0 Å². The second-order valence-corrected chi connectivity index (χ2v) is 3.13. The molecular formula is C9H7F3N2O. The maximum atomic E-state index is 12.5. The summed E-state index contributed by atoms with van der Waals surface area (Å²) in [5, 5.41) is 4.83. The molecule has 0 spiro atoms. The Hall–Kier alpha value is -1.72. The fourth-order valence-electron chi connectivity index (χ4n) is 1.43. The molecule has 6 heteroatoms. The van der Waals surface area contributed by atoms with Gasteiger partial charge in [-0.3, -0.25) is 4.79 Å². The minimum absolute atomic E-state index is 0.00564. The zero-order chi connectivity index (χ0) is 11.1. The molecule has 0 fully saturated rings. The van der Waals surface area contributed by atoms with Gasteiger partial charge in [0.05, 0.1) is 23.5 Å². The van der Waals surface area contributed by atoms with Crippen LogP contribution >= 0.6 is 0 Å². The van der Waals surface area contributed by atoms with E-state index in [1.165, 1.54) is 12.1 Å². The number of hydrogen-bond donors (Lipinski definition) is 2. The summed E-state index contributed by atoms with van der Waals surface area (Å²) >= 11 is 0. The van der Waals surface area contributed by atoms with Crippen LogP contribution in [-0.2, 0) is 11.0 Å². The zero-order valence-electron chi connectivity index (χ0n) is 7.48. The number of nitrogens with one attached hydrogen (secondary N) is 2. The highest BCUT2D eigenvalue weighted by Gasteiger charge is 2.35. The lowest BCUT2D eigenvalue weighted by atomic mass is 10.1. The molecule has 1 heterocycles. The number of anilines is 2. The lowest BCUT2D eigenvalue weighted by molar-refractivity contribution is -0.137. The molecule has 80 valence electrons. The Kier molecular flexibility index (Phi) is 2.06. The Bertz CT molecular complexity index is 414. The van der Waals surface area contributed by atoms with E-state index in [0.29, 0.717) is 5.69 Å². The molecule has 1 aliphatic heterocycles. The van der Waals surface area contributed by atoms with E-state index in [9.17, 15) is 18.0 Å². The van der Waals surface area contributed by atoms with Gasteiger partial charge in [0.1, 0.15) is 0 Å². The molecule has 0 aromatic heterocycles. The molecule has 2 rings (SSSR count). The van der Waals surface area contributed by atoms with Gasteiger partial charge in [-0.1, -0.05) is 6.07 Å². The minimum Gasteiger partial charge on any atom is -0.374 e. The van der Waals surface area contributed by atoms with Crippen LogP contribution in [0, 0.1) is 0 Å². The van der Waals surface area contributed by atoms with E-state index in [1.54, 1.807) is 0 Å². The van der Waals surface area contributed by atoms with Gasteiger partial charge in [-0.2, -0.15) is 13.2 Å². The molecule has 15 heavy (non-hydrogen) atoms. The van der Waals surface area contributed by atoms with Crippen molar-refractivity contribution in [1.82, 2.24) is 0 Å². The highest BCUT2D eigenvalue weighted by Crippen LogP contribution is 2.39. The average Bonchev–Trinajstić information content (AvgIpc) is 2.15. The van der Waals surface area contributed by atoms with Crippen LogP contribution in [0.5, 0.6) is 0 Å². The third-order valence-electron chi connectivity index (χ3n) is 2.07. The molecule has 3 nitrogen and oxygen atoms in total. The number of amides is 1. The van der Waals surface area contributed by atoms with Crippen molar-refractivity contribution in [3.8, 4) is 0 Å². The van der Waals surface area contributed by atoms with E-state index in [-0.39, 0.29) is 12.2 Å². The monoisotopic (exact) mass is 216 g/mol. The van der Waals surface area contributed by atoms with Gasteiger partial charge in [-0.25, -0.2) is 0 Å². The first-order valence-corrected chi connectivity index (χ1v) is 4.22. The first kappa shape index (κ1) is 9.82. The lowest BCUT2D eigenvalue weighted by Gasteiger charge is -2.22. The standard InChI is InChI=1S/C9H7F3N2O/c10-9(11,12)5-2-1-3-6-8(5)14-7(15)4-13-6/h1-3,13H,4H2,(H,14,15). The first-order valence-electron chi connectivity index (χ1n) is 4.22. The summed E-state index contributed by atoms with van der Waals surface area (Å²) in [5.74, 6) is -0.473. The molecule has 1 aliphatic rings. The van der Waals surface area contributed by atoms with E-state index >= 15 is 0 Å². The number of alkyl halides is 3. The Morgan fingerprint density at radius 2 is 2.00 bits per heavy atom. The Morgan fingerprint density at radius 1 is 1.27 bits per heavy atom. The molecule has 1 aromatic carbocycles. The van der Waals surface area contributed by atoms with Gasteiger partial charge < -0.3 is 10.6 Å². The summed E-state index contributed by atoms with van der Waals surface area (Å²) in [6.45, 7) is -0.00564. The maximum Gasteiger partial charge on any atom is 0.418 e. The molecule has 0 unspecified atom stereocenters. The summed E-state index contributed by atoms with van der Waals surface area (Å²) in [5.41, 5.74) is -0.730. The summed E-state index contributed by atoms with van der Waals surface area (Å²) < 4.78 is 37.6. The number of halogens is 3. The van der Waals surface area contributed by atoms with Crippen molar-refractivity contribution >= 4 is 17.3 Å². The van der Waals surface area contributed by atoms with Crippen molar-refractivity contribution in [2.24, 2.45) is 0 Å². The Labute approximate surface area is 83.3 Å². The first-order chi connectivity index (χ1) is 6.98. The second-order valence-electron chi connectivity index (χ2n) is 3.13. The normalized spacial score (nSPS) is 15.3. The van der Waals surface area contributed by atoms with Crippen LogP contribution in [0.25, 0.3) is 0 Å². The summed E-state index contributed by atoms with van der Waals surface area (Å²) in [6.07, 6.45) is -4.46. The molecular weight excluding hydrogens is 209 g/mol. The molecule has 0 saturated heterocycles. The van der Waals surface area contributed by atoms with Crippen LogP contribution in [0.15, 0.2) is 18.2 Å². The van der Waals surface area contributed by atoms with Gasteiger partial charge in [0.25, 0.3) is 0 Å². The Morgan fingerprint density at radius 3 is 2.67 bits per heavy atom. The summed E-state index contributed by atoms with van der Waals surface area (Å²) in [7, 11) is 0. The summed E-state index contributed by atoms with van der Waals surface area (Å²) in [4.78, 5) is 11.0. The minimum atomic E-state index is -4.46. The quantitative estimate of drug-likeness (QED) is 0.697. The van der Waals surface area contributed by atoms with Crippen LogP contribution < -0.4 is 10.6 Å². The number of hydrogen-bond acceptors (Lipinski definition) is 2.